The molecule has 40 valence electrons. The van der Waals surface area contributed by atoms with Gasteiger partial charge in [0.05, 0.1) is 0 Å². The molecule has 0 aromatic rings. The summed E-state index contributed by atoms with van der Waals surface area (Å²) in [5, 5.41) is 8.89. The van der Waals surface area contributed by atoms with Crippen LogP contribution in [0.3, 0.4) is 0 Å². The van der Waals surface area contributed by atoms with Crippen LogP contribution in [-0.4, -0.2) is 11.4 Å². The van der Waals surface area contributed by atoms with Crippen LogP contribution in [0, 0.1) is 0 Å². The van der Waals surface area contributed by atoms with E-state index < -0.39 is 5.97 Å². The van der Waals surface area contributed by atoms with Gasteiger partial charge in [-0.05, 0) is 6.92 Å². The summed E-state index contributed by atoms with van der Waals surface area (Å²) in [6, 6.07) is 0. The fourth-order valence-corrected chi connectivity index (χ4v) is 0. The normalized spacial score (nSPS) is 2.78. The number of aliphatic carboxylic acids is 1. The number of carbonyl (C=O) groups excluding carboxylic acids is 1. The van der Waals surface area contributed by atoms with Gasteiger partial charge in [-0.1, -0.05) is 0 Å². The average Bonchev–Trinajstić information content (AvgIpc) is 0.811. The molecule has 0 amide bonds. The predicted molar refractivity (Wildman–Crippen MR) is 12.6 cm³/mol. The number of halogens is 1. The average molecular weight is 272 g/mol. The number of hydrogen-bond donors (Lipinski definition) is 0. The van der Waals surface area contributed by atoms with Gasteiger partial charge in [0.15, 0.2) is 0 Å². The molecule has 0 aliphatic heterocycles. The van der Waals surface area contributed by atoms with E-state index in [-0.39, 0.29) is 118 Å². The molecule has 0 unspecified atom stereocenters. The zero-order chi connectivity index (χ0) is 3.58. The van der Waals surface area contributed by atoms with Gasteiger partial charge in [-0.25, -0.2) is 0 Å². The zero-order valence-corrected chi connectivity index (χ0v) is 14.3. The van der Waals surface area contributed by atoms with E-state index in [1.807, 2.05) is 0 Å². The first kappa shape index (κ1) is 39.9. The number of carboxylic acid groups (broad SMARTS) is 1. The summed E-state index contributed by atoms with van der Waals surface area (Å²) < 4.78 is 0. The molecule has 7 heteroatoms. The molecule has 0 atom stereocenters. The van der Waals surface area contributed by atoms with Gasteiger partial charge in [0.1, 0.15) is 0 Å². The van der Waals surface area contributed by atoms with Crippen LogP contribution in [0.25, 0.3) is 0 Å². The topological polar surface area (TPSA) is 70.1 Å². The second-order valence-electron chi connectivity index (χ2n) is 0.492. The van der Waals surface area contributed by atoms with E-state index in [4.69, 9.17) is 9.90 Å². The minimum Gasteiger partial charge on any atom is -1.00 e. The Balaban J connectivity index is -0.00000000450. The van der Waals surface area contributed by atoms with Crippen molar-refractivity contribution in [2.24, 2.45) is 0 Å². The first-order valence-electron chi connectivity index (χ1n) is 0.908. The Morgan fingerprint density at radius 2 is 1.22 bits per heavy atom. The molecular weight excluding hydrogens is 268 g/mol. The first-order chi connectivity index (χ1) is 1.73. The second kappa shape index (κ2) is 30.4. The molecule has 0 rings (SSSR count). The van der Waals surface area contributed by atoms with Crippen molar-refractivity contribution >= 4 is 5.97 Å². The summed E-state index contributed by atoms with van der Waals surface area (Å²) in [4.78, 5) is 8.89. The molecule has 0 fully saturated rings. The van der Waals surface area contributed by atoms with Crippen LogP contribution in [0.1, 0.15) is 6.92 Å². The molecule has 9 heavy (non-hydrogen) atoms. The summed E-state index contributed by atoms with van der Waals surface area (Å²) in [5.74, 6) is -1.08. The molecule has 1 N–H and O–H groups in total. The molecule has 0 aliphatic carbocycles. The van der Waals surface area contributed by atoms with Crippen LogP contribution in [-0.2, 0) is 4.79 Å². The van der Waals surface area contributed by atoms with Crippen LogP contribution >= 0.6 is 0 Å². The molecule has 0 heterocycles. The second-order valence-corrected chi connectivity index (χ2v) is 0.492. The van der Waals surface area contributed by atoms with Gasteiger partial charge < -0.3 is 39.4 Å². The molecular formula is C2H4INa3O3. The maximum absolute atomic E-state index is 8.89. The Morgan fingerprint density at radius 3 is 1.22 bits per heavy atom. The summed E-state index contributed by atoms with van der Waals surface area (Å²) in [7, 11) is 0. The van der Waals surface area contributed by atoms with Gasteiger partial charge in [-0.2, -0.15) is 0 Å². The third-order valence-corrected chi connectivity index (χ3v) is 0. The summed E-state index contributed by atoms with van der Waals surface area (Å²) in [5.41, 5.74) is 0. The number of carbonyl (C=O) groups is 1. The number of rotatable bonds is 0. The van der Waals surface area contributed by atoms with E-state index in [1.54, 1.807) is 0 Å². The minimum atomic E-state index is -1.08. The molecule has 0 saturated heterocycles. The molecule has 0 spiro atoms. The minimum absolute atomic E-state index is 0. The van der Waals surface area contributed by atoms with Crippen LogP contribution in [0.15, 0.2) is 0 Å². The SMILES string of the molecule is CC(=O)[O-].[I-].[Na+].[Na+].[Na+].[OH-]. The molecule has 0 aromatic heterocycles. The standard InChI is InChI=1S/C2H4O2.HI.3Na.H2O/c1-2(3)4;;;;;/h1H3,(H,3,4);1H;;;;1H2/q;;3*+1;/p-3. The zero-order valence-electron chi connectivity index (χ0n) is 6.14. The van der Waals surface area contributed by atoms with Crippen LogP contribution in [0.4, 0.5) is 0 Å². The quantitative estimate of drug-likeness (QED) is 0.325. The number of carboxylic acids is 1. The fourth-order valence-electron chi connectivity index (χ4n) is 0. The van der Waals surface area contributed by atoms with E-state index in [0.717, 1.165) is 6.92 Å². The summed E-state index contributed by atoms with van der Waals surface area (Å²) in [6.07, 6.45) is 0. The Hall–Kier alpha value is 3.16. The maximum Gasteiger partial charge on any atom is 1.00 e. The monoisotopic (exact) mass is 272 g/mol. The van der Waals surface area contributed by atoms with Gasteiger partial charge in [0.2, 0.25) is 0 Å². The Kier molecular flexibility index (Phi) is 135. The van der Waals surface area contributed by atoms with Crippen molar-refractivity contribution < 1.29 is 128 Å². The van der Waals surface area contributed by atoms with Crippen molar-refractivity contribution in [2.75, 3.05) is 0 Å². The van der Waals surface area contributed by atoms with Crippen molar-refractivity contribution in [1.29, 1.82) is 0 Å². The van der Waals surface area contributed by atoms with E-state index in [0.29, 0.717) is 0 Å². The third-order valence-electron chi connectivity index (χ3n) is 0. The van der Waals surface area contributed by atoms with Crippen LogP contribution < -0.4 is 118 Å². The van der Waals surface area contributed by atoms with Crippen molar-refractivity contribution in [2.45, 2.75) is 6.92 Å². The summed E-state index contributed by atoms with van der Waals surface area (Å²) in [6.45, 7) is 0.972. The van der Waals surface area contributed by atoms with Crippen LogP contribution in [0.2, 0.25) is 0 Å². The van der Waals surface area contributed by atoms with Gasteiger partial charge >= 0.3 is 88.7 Å². The molecule has 0 aliphatic rings. The van der Waals surface area contributed by atoms with E-state index in [1.165, 1.54) is 0 Å². The number of hydrogen-bond acceptors (Lipinski definition) is 3. The maximum atomic E-state index is 8.89. The van der Waals surface area contributed by atoms with Gasteiger partial charge in [0.25, 0.3) is 0 Å². The van der Waals surface area contributed by atoms with Gasteiger partial charge in [-0.3, -0.25) is 0 Å². The van der Waals surface area contributed by atoms with E-state index in [9.17, 15) is 0 Å². The van der Waals surface area contributed by atoms with Crippen molar-refractivity contribution in [3.8, 4) is 0 Å². The van der Waals surface area contributed by atoms with Crippen LogP contribution in [0.5, 0.6) is 0 Å². The van der Waals surface area contributed by atoms with E-state index >= 15 is 0 Å². The van der Waals surface area contributed by atoms with Crippen molar-refractivity contribution in [1.82, 2.24) is 0 Å². The molecule has 0 radical (unpaired) electrons. The molecule has 0 aromatic carbocycles. The van der Waals surface area contributed by atoms with E-state index in [2.05, 4.69) is 0 Å². The first-order valence-corrected chi connectivity index (χ1v) is 0.908. The Labute approximate surface area is 138 Å². The largest absolute Gasteiger partial charge is 1.00 e. The summed E-state index contributed by atoms with van der Waals surface area (Å²) >= 11 is 0. The molecule has 0 saturated carbocycles. The Morgan fingerprint density at radius 1 is 1.22 bits per heavy atom. The Bertz CT molecular complexity index is 40.0. The smallest absolute Gasteiger partial charge is 1.00 e. The van der Waals surface area contributed by atoms with Gasteiger partial charge in [0, 0.05) is 5.97 Å². The van der Waals surface area contributed by atoms with Crippen molar-refractivity contribution in [3.63, 3.8) is 0 Å². The van der Waals surface area contributed by atoms with Crippen molar-refractivity contribution in [3.05, 3.63) is 0 Å². The van der Waals surface area contributed by atoms with Gasteiger partial charge in [-0.15, -0.1) is 0 Å². The predicted octanol–water partition coefficient (Wildman–Crippen LogP) is -13.4. The third kappa shape index (κ3) is 93.8. The molecule has 3 nitrogen and oxygen atoms in total. The molecule has 0 bridgehead atoms. The fraction of sp³-hybridized carbons (Fsp3) is 0.500.